The number of alkyl halides is 3. The summed E-state index contributed by atoms with van der Waals surface area (Å²) in [6.07, 6.45) is 5.86. The minimum atomic E-state index is -4.37. The lowest BCUT2D eigenvalue weighted by Crippen LogP contribution is -2.59. The number of hydrogen-bond donors (Lipinski definition) is 1. The van der Waals surface area contributed by atoms with Gasteiger partial charge in [0.15, 0.2) is 0 Å². The number of piperidine rings is 1. The molecule has 36 heavy (non-hydrogen) atoms. The van der Waals surface area contributed by atoms with E-state index in [4.69, 9.17) is 0 Å². The molecule has 6 heteroatoms. The van der Waals surface area contributed by atoms with Gasteiger partial charge in [0, 0.05) is 29.8 Å². The first-order valence-electron chi connectivity index (χ1n) is 13.2. The number of halogens is 3. The summed E-state index contributed by atoms with van der Waals surface area (Å²) in [5.41, 5.74) is 3.81. The highest BCUT2D eigenvalue weighted by atomic mass is 19.4. The monoisotopic (exact) mass is 496 g/mol. The minimum absolute atomic E-state index is 0.140. The molecule has 0 spiro atoms. The van der Waals surface area contributed by atoms with Gasteiger partial charge in [0.1, 0.15) is 0 Å². The van der Waals surface area contributed by atoms with Crippen molar-refractivity contribution in [3.05, 3.63) is 70.8 Å². The van der Waals surface area contributed by atoms with Crippen LogP contribution in [0.1, 0.15) is 68.2 Å². The lowest BCUT2D eigenvalue weighted by Gasteiger charge is -2.56. The molecule has 2 bridgehead atoms. The van der Waals surface area contributed by atoms with E-state index in [0.29, 0.717) is 24.1 Å². The lowest BCUT2D eigenvalue weighted by molar-refractivity contribution is -0.137. The van der Waals surface area contributed by atoms with E-state index in [1.54, 1.807) is 6.08 Å². The van der Waals surface area contributed by atoms with Crippen molar-refractivity contribution in [3.63, 3.8) is 0 Å². The molecule has 0 aromatic heterocycles. The highest BCUT2D eigenvalue weighted by Crippen LogP contribution is 2.55. The van der Waals surface area contributed by atoms with Gasteiger partial charge in [-0.15, -0.1) is 0 Å². The fraction of sp³-hybridized carbons (Fsp3) is 0.500. The Hall–Kier alpha value is -2.60. The van der Waals surface area contributed by atoms with Gasteiger partial charge in [-0.25, -0.2) is 0 Å². The van der Waals surface area contributed by atoms with Crippen LogP contribution in [-0.4, -0.2) is 25.0 Å². The number of carbonyl (C=O) groups is 1. The zero-order valence-corrected chi connectivity index (χ0v) is 21.1. The van der Waals surface area contributed by atoms with E-state index in [0.717, 1.165) is 37.2 Å². The van der Waals surface area contributed by atoms with E-state index in [-0.39, 0.29) is 17.2 Å². The average molecular weight is 497 g/mol. The van der Waals surface area contributed by atoms with Gasteiger partial charge >= 0.3 is 6.18 Å². The molecule has 5 rings (SSSR count). The van der Waals surface area contributed by atoms with Gasteiger partial charge in [-0.1, -0.05) is 51.0 Å². The summed E-state index contributed by atoms with van der Waals surface area (Å²) < 4.78 is 38.7. The van der Waals surface area contributed by atoms with Crippen molar-refractivity contribution in [2.45, 2.75) is 70.0 Å². The fourth-order valence-corrected chi connectivity index (χ4v) is 6.91. The Morgan fingerprint density at radius 3 is 2.64 bits per heavy atom. The van der Waals surface area contributed by atoms with Gasteiger partial charge in [0.2, 0.25) is 0 Å². The van der Waals surface area contributed by atoms with Crippen LogP contribution >= 0.6 is 0 Å². The number of nitrogens with one attached hydrogen (secondary N) is 1. The predicted octanol–water partition coefficient (Wildman–Crippen LogP) is 6.75. The van der Waals surface area contributed by atoms with Crippen molar-refractivity contribution < 1.29 is 18.0 Å². The van der Waals surface area contributed by atoms with Crippen molar-refractivity contribution >= 4 is 17.7 Å². The predicted molar refractivity (Wildman–Crippen MR) is 138 cm³/mol. The van der Waals surface area contributed by atoms with Crippen LogP contribution in [0.5, 0.6) is 0 Å². The van der Waals surface area contributed by atoms with Gasteiger partial charge in [-0.3, -0.25) is 4.79 Å². The van der Waals surface area contributed by atoms with Crippen LogP contribution in [0.4, 0.5) is 18.9 Å². The fourth-order valence-electron chi connectivity index (χ4n) is 6.91. The summed E-state index contributed by atoms with van der Waals surface area (Å²) in [5, 5.41) is 3.79. The van der Waals surface area contributed by atoms with Crippen LogP contribution in [0.3, 0.4) is 0 Å². The summed E-state index contributed by atoms with van der Waals surface area (Å²) in [5.74, 6) is 0.793. The number of carbonyl (C=O) groups excluding carboxylic acids is 1. The van der Waals surface area contributed by atoms with Crippen LogP contribution in [0, 0.1) is 11.8 Å². The number of rotatable bonds is 5. The van der Waals surface area contributed by atoms with Gasteiger partial charge in [-0.2, -0.15) is 13.2 Å². The molecule has 3 aliphatic rings. The molecule has 3 atom stereocenters. The topological polar surface area (TPSA) is 32.3 Å². The molecule has 1 amide bonds. The van der Waals surface area contributed by atoms with Crippen LogP contribution < -0.4 is 10.2 Å². The maximum Gasteiger partial charge on any atom is 0.416 e. The molecule has 1 aliphatic heterocycles. The van der Waals surface area contributed by atoms with Crippen LogP contribution in [0.15, 0.2) is 48.5 Å². The Kier molecular flexibility index (Phi) is 6.75. The molecule has 3 nitrogen and oxygen atoms in total. The minimum Gasteiger partial charge on any atom is -0.313 e. The van der Waals surface area contributed by atoms with E-state index in [1.165, 1.54) is 55.0 Å². The largest absolute Gasteiger partial charge is 0.416 e. The second-order valence-electron chi connectivity index (χ2n) is 11.1. The Morgan fingerprint density at radius 2 is 1.92 bits per heavy atom. The maximum atomic E-state index is 13.5. The Bertz CT molecular complexity index is 1130. The van der Waals surface area contributed by atoms with E-state index >= 15 is 0 Å². The zero-order chi connectivity index (χ0) is 25.5. The maximum absolute atomic E-state index is 13.5. The molecule has 0 radical (unpaired) electrons. The standard InChI is InChI=1S/C30H35F3N2O/c1-20(2)19-35(28(36)14-11-21-9-12-22(13-10-21)30(31,32)33)27-8-5-7-24-23(27)18-26-25-6-3-4-15-29(24,25)16-17-34-26/h5,7-14,20,25-26,34H,3-4,6,15-19H2,1-2H3/t25-,26+,29-/m0/s1. The highest BCUT2D eigenvalue weighted by molar-refractivity contribution is 6.04. The summed E-state index contributed by atoms with van der Waals surface area (Å²) in [6.45, 7) is 5.83. The molecule has 192 valence electrons. The van der Waals surface area contributed by atoms with Crippen LogP contribution in [-0.2, 0) is 22.8 Å². The third-order valence-corrected chi connectivity index (χ3v) is 8.43. The molecule has 1 heterocycles. The number of anilines is 1. The van der Waals surface area contributed by atoms with Gasteiger partial charge in [0.25, 0.3) is 5.91 Å². The van der Waals surface area contributed by atoms with Gasteiger partial charge in [0.05, 0.1) is 5.56 Å². The van der Waals surface area contributed by atoms with Crippen molar-refractivity contribution in [2.75, 3.05) is 18.0 Å². The number of hydrogen-bond acceptors (Lipinski definition) is 2. The van der Waals surface area contributed by atoms with Crippen LogP contribution in [0.2, 0.25) is 0 Å². The zero-order valence-electron chi connectivity index (χ0n) is 21.1. The third-order valence-electron chi connectivity index (χ3n) is 8.43. The first-order valence-corrected chi connectivity index (χ1v) is 13.2. The van der Waals surface area contributed by atoms with E-state index in [1.807, 2.05) is 4.90 Å². The van der Waals surface area contributed by atoms with E-state index in [2.05, 4.69) is 37.4 Å². The molecule has 2 aromatic carbocycles. The molecular formula is C30H35F3N2O. The second-order valence-corrected chi connectivity index (χ2v) is 11.1. The Labute approximate surface area is 211 Å². The Morgan fingerprint density at radius 1 is 1.14 bits per heavy atom. The number of nitrogens with zero attached hydrogens (tertiary/aromatic N) is 1. The number of benzene rings is 2. The lowest BCUT2D eigenvalue weighted by atomic mass is 9.52. The molecule has 0 unspecified atom stereocenters. The summed E-state index contributed by atoms with van der Waals surface area (Å²) in [6, 6.07) is 11.8. The molecule has 2 aromatic rings. The molecule has 2 aliphatic carbocycles. The van der Waals surface area contributed by atoms with Crippen molar-refractivity contribution in [1.29, 1.82) is 0 Å². The Balaban J connectivity index is 1.47. The molecule has 2 fully saturated rings. The van der Waals surface area contributed by atoms with E-state index in [9.17, 15) is 18.0 Å². The summed E-state index contributed by atoms with van der Waals surface area (Å²) in [4.78, 5) is 15.4. The molecule has 1 saturated carbocycles. The normalized spacial score (nSPS) is 25.5. The second kappa shape index (κ2) is 9.70. The first-order chi connectivity index (χ1) is 17.2. The van der Waals surface area contributed by atoms with Crippen molar-refractivity contribution in [3.8, 4) is 0 Å². The van der Waals surface area contributed by atoms with Crippen molar-refractivity contribution in [1.82, 2.24) is 5.32 Å². The van der Waals surface area contributed by atoms with Crippen LogP contribution in [0.25, 0.3) is 6.08 Å². The number of fused-ring (bicyclic) bond motifs is 1. The van der Waals surface area contributed by atoms with Crippen molar-refractivity contribution in [2.24, 2.45) is 11.8 Å². The SMILES string of the molecule is CC(C)CN(C(=O)C=Cc1ccc(C(F)(F)F)cc1)c1cccc2c1C[C@H]1NCC[C@@]23CCCC[C@@H]13. The molecule has 1 saturated heterocycles. The molecular weight excluding hydrogens is 461 g/mol. The summed E-state index contributed by atoms with van der Waals surface area (Å²) in [7, 11) is 0. The third kappa shape index (κ3) is 4.60. The van der Waals surface area contributed by atoms with Gasteiger partial charge in [-0.05, 0) is 85.0 Å². The van der Waals surface area contributed by atoms with E-state index < -0.39 is 11.7 Å². The van der Waals surface area contributed by atoms with Gasteiger partial charge < -0.3 is 10.2 Å². The number of amides is 1. The average Bonchev–Trinajstić information content (AvgIpc) is 2.85. The molecule has 1 N–H and O–H groups in total. The quantitative estimate of drug-likeness (QED) is 0.464. The smallest absolute Gasteiger partial charge is 0.313 e. The first kappa shape index (κ1) is 25.1. The highest BCUT2D eigenvalue weighted by Gasteiger charge is 2.52. The summed E-state index contributed by atoms with van der Waals surface area (Å²) >= 11 is 0.